The van der Waals surface area contributed by atoms with Crippen LogP contribution in [0.1, 0.15) is 23.7 Å². The Kier molecular flexibility index (Phi) is 4.97. The number of carboxylic acid groups (broad SMARTS) is 1. The maximum atomic E-state index is 11.7. The van der Waals surface area contributed by atoms with Crippen LogP contribution in [0, 0.1) is 5.92 Å². The molecule has 0 aromatic heterocycles. The molecule has 1 aromatic rings. The van der Waals surface area contributed by atoms with Gasteiger partial charge in [0.1, 0.15) is 0 Å². The summed E-state index contributed by atoms with van der Waals surface area (Å²) in [6, 6.07) is 6.72. The number of carbonyl (C=O) groups excluding carboxylic acids is 1. The van der Waals surface area contributed by atoms with Crippen molar-refractivity contribution in [2.75, 3.05) is 6.54 Å². The molecule has 92 valence electrons. The molecule has 0 heterocycles. The van der Waals surface area contributed by atoms with Crippen LogP contribution < -0.4 is 5.32 Å². The minimum absolute atomic E-state index is 0.284. The average molecular weight is 256 g/mol. The fraction of sp³-hybridized carbons (Fsp3) is 0.333. The molecule has 0 saturated heterocycles. The van der Waals surface area contributed by atoms with E-state index in [4.69, 9.17) is 16.7 Å². The van der Waals surface area contributed by atoms with E-state index in [-0.39, 0.29) is 5.91 Å². The van der Waals surface area contributed by atoms with Gasteiger partial charge in [0, 0.05) is 6.54 Å². The van der Waals surface area contributed by atoms with Crippen molar-refractivity contribution in [3.05, 3.63) is 34.9 Å². The van der Waals surface area contributed by atoms with Crippen molar-refractivity contribution in [2.45, 2.75) is 13.3 Å². The van der Waals surface area contributed by atoms with Gasteiger partial charge in [-0.1, -0.05) is 30.7 Å². The predicted molar refractivity (Wildman–Crippen MR) is 65.2 cm³/mol. The molecule has 0 saturated carbocycles. The van der Waals surface area contributed by atoms with Crippen LogP contribution in [-0.4, -0.2) is 23.5 Å². The van der Waals surface area contributed by atoms with Gasteiger partial charge >= 0.3 is 5.97 Å². The molecule has 0 bridgehead atoms. The van der Waals surface area contributed by atoms with Crippen LogP contribution >= 0.6 is 11.6 Å². The fourth-order valence-corrected chi connectivity index (χ4v) is 1.49. The first-order chi connectivity index (χ1) is 8.02. The van der Waals surface area contributed by atoms with Gasteiger partial charge < -0.3 is 10.4 Å². The monoisotopic (exact) mass is 255 g/mol. The molecular weight excluding hydrogens is 242 g/mol. The highest BCUT2D eigenvalue weighted by molar-refractivity contribution is 6.33. The van der Waals surface area contributed by atoms with Crippen molar-refractivity contribution in [1.82, 2.24) is 5.32 Å². The fourth-order valence-electron chi connectivity index (χ4n) is 1.27. The van der Waals surface area contributed by atoms with Crippen LogP contribution in [0.5, 0.6) is 0 Å². The smallest absolute Gasteiger partial charge is 0.306 e. The summed E-state index contributed by atoms with van der Waals surface area (Å²) in [5, 5.41) is 11.7. The van der Waals surface area contributed by atoms with E-state index in [1.165, 1.54) is 0 Å². The summed E-state index contributed by atoms with van der Waals surface area (Å²) in [4.78, 5) is 22.2. The molecule has 0 aliphatic rings. The zero-order valence-corrected chi connectivity index (χ0v) is 10.2. The number of halogens is 1. The Morgan fingerprint density at radius 3 is 2.65 bits per heavy atom. The molecule has 2 N–H and O–H groups in total. The highest BCUT2D eigenvalue weighted by Gasteiger charge is 2.12. The number of aliphatic carboxylic acids is 1. The third kappa shape index (κ3) is 4.07. The van der Waals surface area contributed by atoms with Crippen LogP contribution in [0.25, 0.3) is 0 Å². The van der Waals surface area contributed by atoms with E-state index in [1.807, 2.05) is 0 Å². The van der Waals surface area contributed by atoms with Crippen molar-refractivity contribution in [2.24, 2.45) is 5.92 Å². The molecule has 0 aliphatic heterocycles. The second-order valence-corrected chi connectivity index (χ2v) is 4.17. The summed E-state index contributed by atoms with van der Waals surface area (Å²) in [6.45, 7) is 1.92. The largest absolute Gasteiger partial charge is 0.481 e. The van der Waals surface area contributed by atoms with Gasteiger partial charge in [-0.05, 0) is 18.6 Å². The summed E-state index contributed by atoms with van der Waals surface area (Å²) in [5.74, 6) is -1.62. The Bertz CT molecular complexity index is 420. The Hall–Kier alpha value is -1.55. The van der Waals surface area contributed by atoms with Gasteiger partial charge in [-0.15, -0.1) is 0 Å². The minimum Gasteiger partial charge on any atom is -0.481 e. The predicted octanol–water partition coefficient (Wildman–Crippen LogP) is 2.18. The maximum Gasteiger partial charge on any atom is 0.306 e. The number of benzene rings is 1. The molecule has 1 rings (SSSR count). The summed E-state index contributed by atoms with van der Waals surface area (Å²) < 4.78 is 0. The number of carbonyl (C=O) groups is 2. The lowest BCUT2D eigenvalue weighted by molar-refractivity contribution is -0.141. The summed E-state index contributed by atoms with van der Waals surface area (Å²) in [7, 11) is 0. The Labute approximate surface area is 105 Å². The zero-order valence-electron chi connectivity index (χ0n) is 9.44. The Morgan fingerprint density at radius 1 is 1.41 bits per heavy atom. The minimum atomic E-state index is -0.864. The second kappa shape index (κ2) is 6.25. The van der Waals surface area contributed by atoms with E-state index in [9.17, 15) is 9.59 Å². The van der Waals surface area contributed by atoms with Crippen LogP contribution in [-0.2, 0) is 4.79 Å². The molecule has 0 radical (unpaired) electrons. The molecule has 0 fully saturated rings. The summed E-state index contributed by atoms with van der Waals surface area (Å²) >= 11 is 5.86. The quantitative estimate of drug-likeness (QED) is 0.848. The SMILES string of the molecule is CC(CCNC(=O)c1ccccc1Cl)C(=O)O. The average Bonchev–Trinajstić information content (AvgIpc) is 2.29. The molecule has 1 atom stereocenters. The van der Waals surface area contributed by atoms with Crippen molar-refractivity contribution in [3.8, 4) is 0 Å². The van der Waals surface area contributed by atoms with Gasteiger partial charge in [-0.25, -0.2) is 0 Å². The van der Waals surface area contributed by atoms with E-state index < -0.39 is 11.9 Å². The summed E-state index contributed by atoms with van der Waals surface area (Å²) in [5.41, 5.74) is 0.400. The Morgan fingerprint density at radius 2 is 2.06 bits per heavy atom. The van der Waals surface area contributed by atoms with Crippen LogP contribution in [0.3, 0.4) is 0 Å². The molecule has 0 spiro atoms. The Balaban J connectivity index is 2.46. The van der Waals surface area contributed by atoms with E-state index in [0.29, 0.717) is 23.6 Å². The zero-order chi connectivity index (χ0) is 12.8. The van der Waals surface area contributed by atoms with Crippen molar-refractivity contribution < 1.29 is 14.7 Å². The van der Waals surface area contributed by atoms with E-state index in [1.54, 1.807) is 31.2 Å². The molecule has 1 unspecified atom stereocenters. The van der Waals surface area contributed by atoms with E-state index in [2.05, 4.69) is 5.32 Å². The van der Waals surface area contributed by atoms with E-state index in [0.717, 1.165) is 0 Å². The molecule has 0 aliphatic carbocycles. The van der Waals surface area contributed by atoms with Crippen molar-refractivity contribution in [1.29, 1.82) is 0 Å². The van der Waals surface area contributed by atoms with Gasteiger partial charge in [0.25, 0.3) is 5.91 Å². The third-order valence-electron chi connectivity index (χ3n) is 2.40. The summed E-state index contributed by atoms with van der Waals surface area (Å²) in [6.07, 6.45) is 0.394. The third-order valence-corrected chi connectivity index (χ3v) is 2.73. The topological polar surface area (TPSA) is 66.4 Å². The number of rotatable bonds is 5. The van der Waals surface area contributed by atoms with Crippen molar-refractivity contribution >= 4 is 23.5 Å². The van der Waals surface area contributed by atoms with Gasteiger partial charge in [0.15, 0.2) is 0 Å². The first kappa shape index (κ1) is 13.5. The first-order valence-electron chi connectivity index (χ1n) is 5.28. The molecule has 1 amide bonds. The lowest BCUT2D eigenvalue weighted by Crippen LogP contribution is -2.27. The van der Waals surface area contributed by atoms with Crippen molar-refractivity contribution in [3.63, 3.8) is 0 Å². The lowest BCUT2D eigenvalue weighted by Gasteiger charge is -2.08. The number of hydrogen-bond donors (Lipinski definition) is 2. The number of nitrogens with one attached hydrogen (secondary N) is 1. The number of amides is 1. The molecule has 4 nitrogen and oxygen atoms in total. The van der Waals surface area contributed by atoms with Crippen LogP contribution in [0.15, 0.2) is 24.3 Å². The number of hydrogen-bond acceptors (Lipinski definition) is 2. The molecular formula is C12H14ClNO3. The lowest BCUT2D eigenvalue weighted by atomic mass is 10.1. The molecule has 17 heavy (non-hydrogen) atoms. The van der Waals surface area contributed by atoms with Gasteiger partial charge in [0.05, 0.1) is 16.5 Å². The second-order valence-electron chi connectivity index (χ2n) is 3.76. The molecule has 5 heteroatoms. The van der Waals surface area contributed by atoms with Crippen LogP contribution in [0.2, 0.25) is 5.02 Å². The highest BCUT2D eigenvalue weighted by Crippen LogP contribution is 2.14. The first-order valence-corrected chi connectivity index (χ1v) is 5.65. The van der Waals surface area contributed by atoms with Gasteiger partial charge in [0.2, 0.25) is 0 Å². The molecule has 1 aromatic carbocycles. The van der Waals surface area contributed by atoms with Gasteiger partial charge in [-0.3, -0.25) is 9.59 Å². The van der Waals surface area contributed by atoms with Crippen LogP contribution in [0.4, 0.5) is 0 Å². The number of carboxylic acids is 1. The highest BCUT2D eigenvalue weighted by atomic mass is 35.5. The standard InChI is InChI=1S/C12H14ClNO3/c1-8(12(16)17)6-7-14-11(15)9-4-2-3-5-10(9)13/h2-5,8H,6-7H2,1H3,(H,14,15)(H,16,17). The van der Waals surface area contributed by atoms with E-state index >= 15 is 0 Å². The maximum absolute atomic E-state index is 11.7. The normalized spacial score (nSPS) is 11.9. The van der Waals surface area contributed by atoms with Gasteiger partial charge in [-0.2, -0.15) is 0 Å².